The minimum absolute atomic E-state index is 0.170. The smallest absolute Gasteiger partial charge is 0.335 e. The molecule has 0 bridgehead atoms. The second-order valence-corrected chi connectivity index (χ2v) is 5.37. The average Bonchev–Trinajstić information content (AvgIpc) is 2.41. The SMILES string of the molecule is CCC(CC)N(C)C(=O)Nc1ccc(C(=O)O)cc1Br. The predicted molar refractivity (Wildman–Crippen MR) is 82.3 cm³/mol. The van der Waals surface area contributed by atoms with E-state index in [0.717, 1.165) is 12.8 Å². The first-order valence-corrected chi connectivity index (χ1v) is 7.26. The Hall–Kier alpha value is -1.56. The molecule has 0 unspecified atom stereocenters. The molecule has 5 nitrogen and oxygen atoms in total. The van der Waals surface area contributed by atoms with Gasteiger partial charge in [-0.15, -0.1) is 0 Å². The van der Waals surface area contributed by atoms with Gasteiger partial charge in [0.05, 0.1) is 11.3 Å². The van der Waals surface area contributed by atoms with E-state index in [1.165, 1.54) is 12.1 Å². The first-order chi connectivity index (χ1) is 9.40. The quantitative estimate of drug-likeness (QED) is 0.854. The van der Waals surface area contributed by atoms with Gasteiger partial charge in [0, 0.05) is 17.6 Å². The molecule has 110 valence electrons. The summed E-state index contributed by atoms with van der Waals surface area (Å²) in [5.74, 6) is -1.00. The number of amides is 2. The third-order valence-electron chi connectivity index (χ3n) is 3.27. The van der Waals surface area contributed by atoms with Crippen molar-refractivity contribution in [3.8, 4) is 0 Å². The number of aromatic carboxylic acids is 1. The van der Waals surface area contributed by atoms with E-state index in [0.29, 0.717) is 10.2 Å². The summed E-state index contributed by atoms with van der Waals surface area (Å²) in [4.78, 5) is 24.6. The standard InChI is InChI=1S/C14H19BrN2O3/c1-4-10(5-2)17(3)14(20)16-12-7-6-9(13(18)19)8-11(12)15/h6-8,10H,4-5H2,1-3H3,(H,16,20)(H,18,19). The maximum atomic E-state index is 12.1. The Morgan fingerprint density at radius 2 is 1.95 bits per heavy atom. The summed E-state index contributed by atoms with van der Waals surface area (Å²) in [6.45, 7) is 4.07. The number of hydrogen-bond donors (Lipinski definition) is 2. The van der Waals surface area contributed by atoms with Crippen LogP contribution in [0.4, 0.5) is 10.5 Å². The molecule has 0 atom stereocenters. The number of rotatable bonds is 5. The summed E-state index contributed by atoms with van der Waals surface area (Å²) in [6.07, 6.45) is 1.78. The van der Waals surface area contributed by atoms with Gasteiger partial charge in [0.25, 0.3) is 0 Å². The molecule has 0 spiro atoms. The van der Waals surface area contributed by atoms with Crippen molar-refractivity contribution in [2.45, 2.75) is 32.7 Å². The molecule has 0 aliphatic carbocycles. The van der Waals surface area contributed by atoms with Crippen molar-refractivity contribution in [1.29, 1.82) is 0 Å². The second-order valence-electron chi connectivity index (χ2n) is 4.51. The first-order valence-electron chi connectivity index (χ1n) is 6.47. The predicted octanol–water partition coefficient (Wildman–Crippen LogP) is 3.80. The first kappa shape index (κ1) is 16.5. The van der Waals surface area contributed by atoms with Gasteiger partial charge in [-0.3, -0.25) is 0 Å². The van der Waals surface area contributed by atoms with Crippen molar-refractivity contribution in [2.75, 3.05) is 12.4 Å². The van der Waals surface area contributed by atoms with Crippen LogP contribution in [-0.2, 0) is 0 Å². The van der Waals surface area contributed by atoms with Gasteiger partial charge >= 0.3 is 12.0 Å². The number of urea groups is 1. The molecule has 6 heteroatoms. The van der Waals surface area contributed by atoms with E-state index in [9.17, 15) is 9.59 Å². The zero-order chi connectivity index (χ0) is 15.3. The molecular weight excluding hydrogens is 324 g/mol. The van der Waals surface area contributed by atoms with Gasteiger partial charge in [-0.05, 0) is 47.0 Å². The highest BCUT2D eigenvalue weighted by Crippen LogP contribution is 2.24. The lowest BCUT2D eigenvalue weighted by Crippen LogP contribution is -2.39. The topological polar surface area (TPSA) is 69.6 Å². The average molecular weight is 343 g/mol. The second kappa shape index (κ2) is 7.28. The van der Waals surface area contributed by atoms with Gasteiger partial charge in [0.1, 0.15) is 0 Å². The summed E-state index contributed by atoms with van der Waals surface area (Å²) in [5.41, 5.74) is 0.723. The molecule has 0 heterocycles. The largest absolute Gasteiger partial charge is 0.478 e. The van der Waals surface area contributed by atoms with Crippen LogP contribution in [0.2, 0.25) is 0 Å². The molecule has 0 saturated carbocycles. The summed E-state index contributed by atoms with van der Waals surface area (Å²) >= 11 is 3.27. The number of anilines is 1. The molecule has 0 radical (unpaired) electrons. The Morgan fingerprint density at radius 1 is 1.35 bits per heavy atom. The zero-order valence-corrected chi connectivity index (χ0v) is 13.4. The zero-order valence-electron chi connectivity index (χ0n) is 11.8. The molecule has 1 aromatic carbocycles. The number of carbonyl (C=O) groups is 2. The molecule has 1 rings (SSSR count). The molecule has 20 heavy (non-hydrogen) atoms. The van der Waals surface area contributed by atoms with Gasteiger partial charge in [0.2, 0.25) is 0 Å². The summed E-state index contributed by atoms with van der Waals surface area (Å²) in [6, 6.07) is 4.48. The molecular formula is C14H19BrN2O3. The maximum absolute atomic E-state index is 12.1. The number of benzene rings is 1. The highest BCUT2D eigenvalue weighted by Gasteiger charge is 2.17. The Balaban J connectivity index is 2.83. The fraction of sp³-hybridized carbons (Fsp3) is 0.429. The Labute approximate surface area is 127 Å². The molecule has 2 amide bonds. The monoisotopic (exact) mass is 342 g/mol. The van der Waals surface area contributed by atoms with Crippen molar-refractivity contribution in [1.82, 2.24) is 4.90 Å². The Bertz CT molecular complexity index is 501. The minimum atomic E-state index is -1.00. The van der Waals surface area contributed by atoms with E-state index in [4.69, 9.17) is 5.11 Å². The van der Waals surface area contributed by atoms with E-state index >= 15 is 0 Å². The van der Waals surface area contributed by atoms with Crippen molar-refractivity contribution in [3.05, 3.63) is 28.2 Å². The van der Waals surface area contributed by atoms with Crippen LogP contribution < -0.4 is 5.32 Å². The van der Waals surface area contributed by atoms with Crippen LogP contribution in [0.1, 0.15) is 37.0 Å². The lowest BCUT2D eigenvalue weighted by atomic mass is 10.1. The van der Waals surface area contributed by atoms with E-state index in [-0.39, 0.29) is 17.6 Å². The van der Waals surface area contributed by atoms with Gasteiger partial charge in [-0.1, -0.05) is 13.8 Å². The van der Waals surface area contributed by atoms with Crippen molar-refractivity contribution >= 4 is 33.6 Å². The van der Waals surface area contributed by atoms with E-state index in [1.54, 1.807) is 18.0 Å². The number of carboxylic acid groups (broad SMARTS) is 1. The molecule has 0 aliphatic heterocycles. The number of halogens is 1. The van der Waals surface area contributed by atoms with Crippen molar-refractivity contribution in [3.63, 3.8) is 0 Å². The van der Waals surface area contributed by atoms with E-state index < -0.39 is 5.97 Å². The Morgan fingerprint density at radius 3 is 2.40 bits per heavy atom. The minimum Gasteiger partial charge on any atom is -0.478 e. The van der Waals surface area contributed by atoms with Gasteiger partial charge < -0.3 is 15.3 Å². The van der Waals surface area contributed by atoms with Crippen molar-refractivity contribution < 1.29 is 14.7 Å². The number of carboxylic acids is 1. The van der Waals surface area contributed by atoms with Crippen molar-refractivity contribution in [2.24, 2.45) is 0 Å². The summed E-state index contributed by atoms with van der Waals surface area (Å²) in [7, 11) is 1.76. The number of nitrogens with one attached hydrogen (secondary N) is 1. The van der Waals surface area contributed by atoms with Crippen LogP contribution in [0.3, 0.4) is 0 Å². The number of carbonyl (C=O) groups excluding carboxylic acids is 1. The third-order valence-corrected chi connectivity index (χ3v) is 3.92. The molecule has 0 fully saturated rings. The molecule has 0 aromatic heterocycles. The van der Waals surface area contributed by atoms with Gasteiger partial charge in [0.15, 0.2) is 0 Å². The van der Waals surface area contributed by atoms with E-state index in [2.05, 4.69) is 21.2 Å². The normalized spacial score (nSPS) is 10.4. The van der Waals surface area contributed by atoms with E-state index in [1.807, 2.05) is 13.8 Å². The highest BCUT2D eigenvalue weighted by atomic mass is 79.9. The molecule has 0 saturated heterocycles. The van der Waals surface area contributed by atoms with Crippen LogP contribution in [0, 0.1) is 0 Å². The van der Waals surface area contributed by atoms with Crippen LogP contribution in [0.25, 0.3) is 0 Å². The molecule has 1 aromatic rings. The van der Waals surface area contributed by atoms with Crippen LogP contribution >= 0.6 is 15.9 Å². The van der Waals surface area contributed by atoms with Crippen LogP contribution in [-0.4, -0.2) is 35.1 Å². The molecule has 0 aliphatic rings. The van der Waals surface area contributed by atoms with Gasteiger partial charge in [-0.2, -0.15) is 0 Å². The van der Waals surface area contributed by atoms with Crippen LogP contribution in [0.15, 0.2) is 22.7 Å². The maximum Gasteiger partial charge on any atom is 0.335 e. The van der Waals surface area contributed by atoms with Crippen LogP contribution in [0.5, 0.6) is 0 Å². The highest BCUT2D eigenvalue weighted by molar-refractivity contribution is 9.10. The fourth-order valence-electron chi connectivity index (χ4n) is 1.96. The fourth-order valence-corrected chi connectivity index (χ4v) is 2.43. The lowest BCUT2D eigenvalue weighted by molar-refractivity contribution is 0.0697. The number of nitrogens with zero attached hydrogens (tertiary/aromatic N) is 1. The summed E-state index contributed by atoms with van der Waals surface area (Å²) in [5, 5.41) is 11.7. The number of hydrogen-bond acceptors (Lipinski definition) is 2. The Kier molecular flexibility index (Phi) is 6.01. The van der Waals surface area contributed by atoms with Gasteiger partial charge in [-0.25, -0.2) is 9.59 Å². The third kappa shape index (κ3) is 3.96. The lowest BCUT2D eigenvalue weighted by Gasteiger charge is -2.26. The summed E-state index contributed by atoms with van der Waals surface area (Å²) < 4.78 is 0.545. The molecule has 2 N–H and O–H groups in total.